The lowest BCUT2D eigenvalue weighted by Gasteiger charge is -2.16. The Kier molecular flexibility index (Phi) is 4.32. The van der Waals surface area contributed by atoms with Crippen LogP contribution in [0.25, 0.3) is 0 Å². The van der Waals surface area contributed by atoms with Gasteiger partial charge in [-0.3, -0.25) is 0 Å². The Morgan fingerprint density at radius 1 is 1.30 bits per heavy atom. The van der Waals surface area contributed by atoms with Gasteiger partial charge in [0.05, 0.1) is 6.04 Å². The average molecular weight is 281 g/mol. The van der Waals surface area contributed by atoms with E-state index in [0.29, 0.717) is 12.2 Å². The maximum absolute atomic E-state index is 13.8. The molecule has 4 nitrogen and oxygen atoms in total. The summed E-state index contributed by atoms with van der Waals surface area (Å²) in [5.74, 6) is -0.230. The fraction of sp³-hybridized carbons (Fsp3) is 0.429. The first-order valence-electron chi connectivity index (χ1n) is 6.56. The molecule has 1 N–H and O–H groups in total. The molecule has 0 aliphatic carbocycles. The topological polar surface area (TPSA) is 51.0 Å². The maximum atomic E-state index is 13.8. The fourth-order valence-corrected chi connectivity index (χ4v) is 1.86. The average Bonchev–Trinajstić information content (AvgIpc) is 2.88. The molecule has 0 bridgehead atoms. The van der Waals surface area contributed by atoms with Gasteiger partial charge in [0, 0.05) is 11.5 Å². The van der Waals surface area contributed by atoms with Gasteiger partial charge in [-0.2, -0.15) is 4.98 Å². The molecule has 20 heavy (non-hydrogen) atoms. The number of hydrogen-bond acceptors (Lipinski definition) is 4. The number of nitrogens with zero attached hydrogens (tertiary/aromatic N) is 2. The molecule has 0 saturated carbocycles. The molecule has 2 rings (SSSR count). The summed E-state index contributed by atoms with van der Waals surface area (Å²) >= 11 is 0. The molecule has 2 aromatic rings. The number of anilines is 1. The third kappa shape index (κ3) is 3.12. The minimum absolute atomic E-state index is 0.139. The summed E-state index contributed by atoms with van der Waals surface area (Å²) in [6, 6.07) is 3.17. The van der Waals surface area contributed by atoms with E-state index in [1.165, 1.54) is 6.07 Å². The molecule has 0 aliphatic rings. The lowest BCUT2D eigenvalue weighted by Crippen LogP contribution is -2.12. The number of hydrogen-bond donors (Lipinski definition) is 1. The van der Waals surface area contributed by atoms with Crippen LogP contribution in [0.3, 0.4) is 0 Å². The van der Waals surface area contributed by atoms with E-state index in [2.05, 4.69) is 15.5 Å². The summed E-state index contributed by atoms with van der Waals surface area (Å²) in [5.41, 5.74) is 0.247. The second-order valence-corrected chi connectivity index (χ2v) is 4.88. The van der Waals surface area contributed by atoms with Crippen molar-refractivity contribution < 1.29 is 13.3 Å². The van der Waals surface area contributed by atoms with Crippen molar-refractivity contribution >= 4 is 6.01 Å². The molecule has 1 aromatic heterocycles. The van der Waals surface area contributed by atoms with E-state index in [4.69, 9.17) is 4.52 Å². The van der Waals surface area contributed by atoms with Gasteiger partial charge in [-0.15, -0.1) is 0 Å². The van der Waals surface area contributed by atoms with Gasteiger partial charge in [-0.05, 0) is 24.6 Å². The van der Waals surface area contributed by atoms with Crippen molar-refractivity contribution in [3.8, 4) is 0 Å². The van der Waals surface area contributed by atoms with E-state index in [1.807, 2.05) is 20.8 Å². The molecule has 0 radical (unpaired) electrons. The van der Waals surface area contributed by atoms with Gasteiger partial charge < -0.3 is 9.84 Å². The smallest absolute Gasteiger partial charge is 0.321 e. The van der Waals surface area contributed by atoms with Crippen LogP contribution in [-0.4, -0.2) is 10.1 Å². The van der Waals surface area contributed by atoms with E-state index >= 15 is 0 Å². The molecule has 1 aromatic carbocycles. The van der Waals surface area contributed by atoms with Crippen molar-refractivity contribution in [3.63, 3.8) is 0 Å². The second-order valence-electron chi connectivity index (χ2n) is 4.88. The van der Waals surface area contributed by atoms with Crippen molar-refractivity contribution in [1.29, 1.82) is 0 Å². The summed E-state index contributed by atoms with van der Waals surface area (Å²) in [6.07, 6.45) is 0.555. The van der Waals surface area contributed by atoms with Crippen molar-refractivity contribution in [2.24, 2.45) is 0 Å². The van der Waals surface area contributed by atoms with Crippen LogP contribution in [0.1, 0.15) is 50.5 Å². The highest BCUT2D eigenvalue weighted by Gasteiger charge is 2.18. The zero-order valence-electron chi connectivity index (χ0n) is 11.7. The van der Waals surface area contributed by atoms with Crippen LogP contribution in [0.2, 0.25) is 0 Å². The van der Waals surface area contributed by atoms with Gasteiger partial charge in [-0.1, -0.05) is 25.9 Å². The first-order chi connectivity index (χ1) is 9.51. The van der Waals surface area contributed by atoms with Crippen molar-refractivity contribution in [2.45, 2.75) is 39.2 Å². The zero-order chi connectivity index (χ0) is 14.7. The molecule has 1 heterocycles. The summed E-state index contributed by atoms with van der Waals surface area (Å²) in [5, 5.41) is 6.76. The SMILES string of the molecule is CCC(Nc1nc(C(C)C)no1)c1cc(F)ccc1F. The molecular formula is C14H17F2N3O. The number of halogens is 2. The number of benzene rings is 1. The monoisotopic (exact) mass is 281 g/mol. The number of aromatic nitrogens is 2. The standard InChI is InChI=1S/C14H17F2N3O/c1-4-12(10-7-9(15)5-6-11(10)16)17-14-18-13(8(2)3)19-20-14/h5-8,12H,4H2,1-3H3,(H,17,18,19). The Morgan fingerprint density at radius 3 is 2.65 bits per heavy atom. The van der Waals surface area contributed by atoms with Crippen molar-refractivity contribution in [1.82, 2.24) is 10.1 Å². The van der Waals surface area contributed by atoms with Crippen LogP contribution in [0.4, 0.5) is 14.8 Å². The third-order valence-electron chi connectivity index (χ3n) is 3.00. The Morgan fingerprint density at radius 2 is 2.05 bits per heavy atom. The summed E-state index contributed by atoms with van der Waals surface area (Å²) < 4.78 is 32.1. The second kappa shape index (κ2) is 5.98. The molecular weight excluding hydrogens is 264 g/mol. The van der Waals surface area contributed by atoms with E-state index < -0.39 is 17.7 Å². The predicted molar refractivity (Wildman–Crippen MR) is 71.4 cm³/mol. The molecule has 0 spiro atoms. The van der Waals surface area contributed by atoms with Gasteiger partial charge >= 0.3 is 6.01 Å². The highest BCUT2D eigenvalue weighted by Crippen LogP contribution is 2.25. The summed E-state index contributed by atoms with van der Waals surface area (Å²) in [7, 11) is 0. The van der Waals surface area contributed by atoms with Gasteiger partial charge in [0.25, 0.3) is 0 Å². The van der Waals surface area contributed by atoms with E-state index in [-0.39, 0.29) is 17.5 Å². The quantitative estimate of drug-likeness (QED) is 0.898. The first-order valence-corrected chi connectivity index (χ1v) is 6.56. The zero-order valence-corrected chi connectivity index (χ0v) is 11.7. The Balaban J connectivity index is 2.21. The van der Waals surface area contributed by atoms with Crippen LogP contribution < -0.4 is 5.32 Å². The highest BCUT2D eigenvalue weighted by molar-refractivity contribution is 5.31. The van der Waals surface area contributed by atoms with E-state index in [9.17, 15) is 8.78 Å². The lowest BCUT2D eigenvalue weighted by molar-refractivity contribution is 0.414. The molecule has 1 unspecified atom stereocenters. The Bertz CT molecular complexity index is 584. The lowest BCUT2D eigenvalue weighted by atomic mass is 10.0. The van der Waals surface area contributed by atoms with Gasteiger partial charge in [-0.25, -0.2) is 8.78 Å². The largest absolute Gasteiger partial charge is 0.331 e. The normalized spacial score (nSPS) is 12.7. The summed E-state index contributed by atoms with van der Waals surface area (Å²) in [6.45, 7) is 5.75. The van der Waals surface area contributed by atoms with E-state index in [1.54, 1.807) is 0 Å². The molecule has 0 amide bonds. The van der Waals surface area contributed by atoms with Gasteiger partial charge in [0.15, 0.2) is 5.82 Å². The first kappa shape index (κ1) is 14.4. The minimum atomic E-state index is -0.477. The molecule has 6 heteroatoms. The van der Waals surface area contributed by atoms with Crippen molar-refractivity contribution in [2.75, 3.05) is 5.32 Å². The molecule has 0 saturated heterocycles. The van der Waals surface area contributed by atoms with Crippen molar-refractivity contribution in [3.05, 3.63) is 41.2 Å². The van der Waals surface area contributed by atoms with E-state index in [0.717, 1.165) is 12.1 Å². The maximum Gasteiger partial charge on any atom is 0.321 e. The molecule has 0 fully saturated rings. The highest BCUT2D eigenvalue weighted by atomic mass is 19.1. The number of nitrogens with one attached hydrogen (secondary N) is 1. The van der Waals surface area contributed by atoms with Crippen LogP contribution in [0, 0.1) is 11.6 Å². The van der Waals surface area contributed by atoms with Crippen LogP contribution >= 0.6 is 0 Å². The molecule has 1 atom stereocenters. The molecule has 108 valence electrons. The fourth-order valence-electron chi connectivity index (χ4n) is 1.86. The Hall–Kier alpha value is -1.98. The number of rotatable bonds is 5. The molecule has 0 aliphatic heterocycles. The predicted octanol–water partition coefficient (Wildman–Crippen LogP) is 4.03. The Labute approximate surface area is 116 Å². The summed E-state index contributed by atoms with van der Waals surface area (Å²) in [4.78, 5) is 4.17. The van der Waals surface area contributed by atoms with Gasteiger partial charge in [0.2, 0.25) is 0 Å². The van der Waals surface area contributed by atoms with Gasteiger partial charge in [0.1, 0.15) is 11.6 Å². The van der Waals surface area contributed by atoms with Crippen LogP contribution in [0.15, 0.2) is 22.7 Å². The van der Waals surface area contributed by atoms with Crippen LogP contribution in [0.5, 0.6) is 0 Å². The third-order valence-corrected chi connectivity index (χ3v) is 3.00. The van der Waals surface area contributed by atoms with Crippen LogP contribution in [-0.2, 0) is 0 Å². The minimum Gasteiger partial charge on any atom is -0.331 e.